The summed E-state index contributed by atoms with van der Waals surface area (Å²) in [6.07, 6.45) is -0.238. The Hall–Kier alpha value is -1.34. The minimum atomic E-state index is -1.12. The Kier molecular flexibility index (Phi) is 6.74. The number of amides is 1. The first-order chi connectivity index (χ1) is 9.45. The van der Waals surface area contributed by atoms with Crippen LogP contribution >= 0.6 is 23.2 Å². The van der Waals surface area contributed by atoms with Crippen LogP contribution in [0.25, 0.3) is 0 Å². The standard InChI is InChI=1S/C12H15Cl2N3O3/c13-7-2-1-3-8(11(7)14)17-10(18)6-9(12(19)20)16-5-4-15/h1-3,9,16H,4-6,15H2,(H,17,18)(H,19,20). The van der Waals surface area contributed by atoms with Gasteiger partial charge in [-0.15, -0.1) is 0 Å². The molecule has 1 amide bonds. The minimum Gasteiger partial charge on any atom is -0.480 e. The normalized spacial score (nSPS) is 11.9. The number of hydrogen-bond acceptors (Lipinski definition) is 4. The van der Waals surface area contributed by atoms with Crippen molar-refractivity contribution in [3.05, 3.63) is 28.2 Å². The van der Waals surface area contributed by atoms with Gasteiger partial charge >= 0.3 is 5.97 Å². The van der Waals surface area contributed by atoms with E-state index < -0.39 is 17.9 Å². The van der Waals surface area contributed by atoms with E-state index in [0.717, 1.165) is 0 Å². The molecule has 0 spiro atoms. The highest BCUT2D eigenvalue weighted by molar-refractivity contribution is 6.43. The molecule has 1 atom stereocenters. The summed E-state index contributed by atoms with van der Waals surface area (Å²) in [7, 11) is 0. The Morgan fingerprint density at radius 3 is 2.65 bits per heavy atom. The Morgan fingerprint density at radius 2 is 2.05 bits per heavy atom. The summed E-state index contributed by atoms with van der Waals surface area (Å²) in [5, 5.41) is 14.7. The van der Waals surface area contributed by atoms with E-state index in [2.05, 4.69) is 10.6 Å². The lowest BCUT2D eigenvalue weighted by Crippen LogP contribution is -2.41. The predicted molar refractivity (Wildman–Crippen MR) is 78.2 cm³/mol. The zero-order valence-electron chi connectivity index (χ0n) is 10.5. The number of rotatable bonds is 7. The molecule has 0 aliphatic rings. The number of hydrogen-bond donors (Lipinski definition) is 4. The number of carboxylic acids is 1. The molecule has 6 nitrogen and oxygen atoms in total. The molecule has 8 heteroatoms. The van der Waals surface area contributed by atoms with Crippen molar-refractivity contribution < 1.29 is 14.7 Å². The first-order valence-corrected chi connectivity index (χ1v) is 6.61. The van der Waals surface area contributed by atoms with Gasteiger partial charge in [-0.25, -0.2) is 0 Å². The molecule has 110 valence electrons. The Labute approximate surface area is 126 Å². The molecule has 0 aliphatic heterocycles. The molecule has 1 rings (SSSR count). The second-order valence-corrected chi connectivity index (χ2v) is 4.77. The van der Waals surface area contributed by atoms with Crippen LogP contribution in [0.4, 0.5) is 5.69 Å². The van der Waals surface area contributed by atoms with Crippen molar-refractivity contribution >= 4 is 40.8 Å². The number of carboxylic acid groups (broad SMARTS) is 1. The van der Waals surface area contributed by atoms with Crippen molar-refractivity contribution in [1.29, 1.82) is 0 Å². The van der Waals surface area contributed by atoms with Crippen molar-refractivity contribution in [2.75, 3.05) is 18.4 Å². The van der Waals surface area contributed by atoms with E-state index in [1.807, 2.05) is 0 Å². The molecule has 0 bridgehead atoms. The summed E-state index contributed by atoms with van der Waals surface area (Å²) in [6.45, 7) is 0.591. The number of carbonyl (C=O) groups is 2. The topological polar surface area (TPSA) is 104 Å². The fraction of sp³-hybridized carbons (Fsp3) is 0.333. The minimum absolute atomic E-state index is 0.212. The zero-order valence-corrected chi connectivity index (χ0v) is 12.0. The average molecular weight is 320 g/mol. The summed E-state index contributed by atoms with van der Waals surface area (Å²) in [6, 6.07) is 3.79. The number of carbonyl (C=O) groups excluding carboxylic acids is 1. The van der Waals surface area contributed by atoms with Crippen LogP contribution in [0.2, 0.25) is 10.0 Å². The van der Waals surface area contributed by atoms with Gasteiger partial charge in [0.15, 0.2) is 0 Å². The van der Waals surface area contributed by atoms with E-state index in [1.165, 1.54) is 0 Å². The van der Waals surface area contributed by atoms with Gasteiger partial charge in [-0.2, -0.15) is 0 Å². The van der Waals surface area contributed by atoms with Crippen molar-refractivity contribution in [3.63, 3.8) is 0 Å². The highest BCUT2D eigenvalue weighted by Crippen LogP contribution is 2.29. The van der Waals surface area contributed by atoms with Gasteiger partial charge in [-0.05, 0) is 12.1 Å². The molecule has 1 unspecified atom stereocenters. The number of nitrogens with two attached hydrogens (primary N) is 1. The Bertz CT molecular complexity index is 497. The molecule has 20 heavy (non-hydrogen) atoms. The van der Waals surface area contributed by atoms with E-state index in [9.17, 15) is 9.59 Å². The van der Waals surface area contributed by atoms with Crippen LogP contribution in [0, 0.1) is 0 Å². The van der Waals surface area contributed by atoms with Crippen LogP contribution in [0.3, 0.4) is 0 Å². The van der Waals surface area contributed by atoms with Crippen LogP contribution in [0.5, 0.6) is 0 Å². The lowest BCUT2D eigenvalue weighted by atomic mass is 10.2. The maximum Gasteiger partial charge on any atom is 0.321 e. The maximum atomic E-state index is 11.8. The number of halogens is 2. The fourth-order valence-corrected chi connectivity index (χ4v) is 1.84. The predicted octanol–water partition coefficient (Wildman–Crippen LogP) is 1.32. The second kappa shape index (κ2) is 8.06. The first-order valence-electron chi connectivity index (χ1n) is 5.85. The van der Waals surface area contributed by atoms with Crippen LogP contribution in [0.15, 0.2) is 18.2 Å². The third-order valence-corrected chi connectivity index (χ3v) is 3.27. The van der Waals surface area contributed by atoms with E-state index in [4.69, 9.17) is 34.0 Å². The van der Waals surface area contributed by atoms with Gasteiger partial charge in [0, 0.05) is 13.1 Å². The van der Waals surface area contributed by atoms with Crippen molar-refractivity contribution in [2.24, 2.45) is 5.73 Å². The van der Waals surface area contributed by atoms with Gasteiger partial charge in [0.25, 0.3) is 0 Å². The maximum absolute atomic E-state index is 11.8. The summed E-state index contributed by atoms with van der Waals surface area (Å²) >= 11 is 11.7. The van der Waals surface area contributed by atoms with E-state index in [-0.39, 0.29) is 18.0 Å². The van der Waals surface area contributed by atoms with Crippen molar-refractivity contribution in [3.8, 4) is 0 Å². The quantitative estimate of drug-likeness (QED) is 0.606. The van der Waals surface area contributed by atoms with E-state index in [1.54, 1.807) is 18.2 Å². The highest BCUT2D eigenvalue weighted by Gasteiger charge is 2.20. The number of benzene rings is 1. The summed E-state index contributed by atoms with van der Waals surface area (Å²) in [5.74, 6) is -1.60. The van der Waals surface area contributed by atoms with Gasteiger partial charge in [-0.3, -0.25) is 9.59 Å². The molecule has 0 fully saturated rings. The first kappa shape index (κ1) is 16.7. The van der Waals surface area contributed by atoms with Crippen LogP contribution < -0.4 is 16.4 Å². The molecule has 0 radical (unpaired) electrons. The third-order valence-electron chi connectivity index (χ3n) is 2.45. The lowest BCUT2D eigenvalue weighted by Gasteiger charge is -2.14. The van der Waals surface area contributed by atoms with Gasteiger partial charge < -0.3 is 21.5 Å². The van der Waals surface area contributed by atoms with Crippen molar-refractivity contribution in [1.82, 2.24) is 5.32 Å². The fourth-order valence-electron chi connectivity index (χ4n) is 1.49. The molecular weight excluding hydrogens is 305 g/mol. The molecule has 5 N–H and O–H groups in total. The molecule has 0 aliphatic carbocycles. The molecule has 0 heterocycles. The zero-order chi connectivity index (χ0) is 15.1. The summed E-state index contributed by atoms with van der Waals surface area (Å²) in [4.78, 5) is 22.8. The van der Waals surface area contributed by atoms with Gasteiger partial charge in [-0.1, -0.05) is 29.3 Å². The molecular formula is C12H15Cl2N3O3. The molecule has 0 aromatic heterocycles. The second-order valence-electron chi connectivity index (χ2n) is 3.99. The Balaban J connectivity index is 2.66. The smallest absolute Gasteiger partial charge is 0.321 e. The molecule has 1 aromatic rings. The largest absolute Gasteiger partial charge is 0.480 e. The van der Waals surface area contributed by atoms with Crippen LogP contribution in [-0.2, 0) is 9.59 Å². The Morgan fingerprint density at radius 1 is 1.35 bits per heavy atom. The molecule has 0 saturated carbocycles. The van der Waals surface area contributed by atoms with Crippen molar-refractivity contribution in [2.45, 2.75) is 12.5 Å². The monoisotopic (exact) mass is 319 g/mol. The molecule has 0 saturated heterocycles. The summed E-state index contributed by atoms with van der Waals surface area (Å²) in [5.41, 5.74) is 5.62. The van der Waals surface area contributed by atoms with Gasteiger partial charge in [0.05, 0.1) is 22.2 Å². The van der Waals surface area contributed by atoms with Gasteiger partial charge in [0.2, 0.25) is 5.91 Å². The lowest BCUT2D eigenvalue weighted by molar-refractivity contribution is -0.141. The van der Waals surface area contributed by atoms with Crippen LogP contribution in [-0.4, -0.2) is 36.1 Å². The summed E-state index contributed by atoms with van der Waals surface area (Å²) < 4.78 is 0. The van der Waals surface area contributed by atoms with E-state index in [0.29, 0.717) is 17.3 Å². The molecule has 1 aromatic carbocycles. The van der Waals surface area contributed by atoms with Gasteiger partial charge in [0.1, 0.15) is 6.04 Å². The van der Waals surface area contributed by atoms with Crippen LogP contribution in [0.1, 0.15) is 6.42 Å². The highest BCUT2D eigenvalue weighted by atomic mass is 35.5. The average Bonchev–Trinajstić information content (AvgIpc) is 2.39. The SMILES string of the molecule is NCCNC(CC(=O)Nc1cccc(Cl)c1Cl)C(=O)O. The third kappa shape index (κ3) is 4.97. The number of nitrogens with one attached hydrogen (secondary N) is 2. The number of aliphatic carboxylic acids is 1. The number of anilines is 1. The van der Waals surface area contributed by atoms with E-state index >= 15 is 0 Å².